The monoisotopic (exact) mass is 370 g/mol. The molecule has 2 rings (SSSR count). The quantitative estimate of drug-likeness (QED) is 0.214. The van der Waals surface area contributed by atoms with Gasteiger partial charge in [-0.25, -0.2) is 0 Å². The second-order valence-corrected chi connectivity index (χ2v) is 6.38. The van der Waals surface area contributed by atoms with Crippen LogP contribution in [-0.4, -0.2) is 128 Å². The summed E-state index contributed by atoms with van der Waals surface area (Å²) in [5, 5.41) is 76.9. The Morgan fingerprint density at radius 3 is 1.88 bits per heavy atom. The molecule has 11 heteroatoms. The van der Waals surface area contributed by atoms with Crippen LogP contribution in [0.1, 0.15) is 0 Å². The van der Waals surface area contributed by atoms with Gasteiger partial charge in [0.25, 0.3) is 0 Å². The van der Waals surface area contributed by atoms with Crippen LogP contribution in [0, 0.1) is 0 Å². The molecule has 25 heavy (non-hydrogen) atoms. The fourth-order valence-electron chi connectivity index (χ4n) is 3.06. The molecule has 0 amide bonds. The van der Waals surface area contributed by atoms with Gasteiger partial charge in [-0.1, -0.05) is 0 Å². The molecule has 0 radical (unpaired) electrons. The number of ether oxygens (including phenoxy) is 3. The minimum absolute atomic E-state index is 0.306. The number of hydrogen-bond donors (Lipinski definition) is 8. The van der Waals surface area contributed by atoms with Crippen molar-refractivity contribution in [3.63, 3.8) is 0 Å². The maximum atomic E-state index is 10.0. The van der Waals surface area contributed by atoms with E-state index >= 15 is 0 Å². The van der Waals surface area contributed by atoms with E-state index in [1.54, 1.807) is 0 Å². The van der Waals surface area contributed by atoms with Gasteiger partial charge >= 0.3 is 0 Å². The Bertz CT molecular complexity index is 422. The lowest BCUT2D eigenvalue weighted by Gasteiger charge is -2.40. The lowest BCUT2D eigenvalue weighted by molar-refractivity contribution is -0.244. The van der Waals surface area contributed by atoms with Crippen LogP contribution in [0.2, 0.25) is 0 Å². The van der Waals surface area contributed by atoms with Crippen molar-refractivity contribution in [2.75, 3.05) is 33.0 Å². The Balaban J connectivity index is 1.94. The predicted molar refractivity (Wildman–Crippen MR) is 78.4 cm³/mol. The third-order valence-corrected chi connectivity index (χ3v) is 4.70. The van der Waals surface area contributed by atoms with E-state index in [0.29, 0.717) is 0 Å². The van der Waals surface area contributed by atoms with Crippen molar-refractivity contribution in [1.29, 1.82) is 0 Å². The molecule has 0 spiro atoms. The van der Waals surface area contributed by atoms with Crippen molar-refractivity contribution < 1.29 is 55.1 Å². The molecule has 6 unspecified atom stereocenters. The van der Waals surface area contributed by atoms with E-state index < -0.39 is 80.9 Å². The Morgan fingerprint density at radius 1 is 0.760 bits per heavy atom. The van der Waals surface area contributed by atoms with Gasteiger partial charge in [0.15, 0.2) is 0 Å². The summed E-state index contributed by atoms with van der Waals surface area (Å²) < 4.78 is 15.9. The molecular formula is C14H26O11. The molecule has 2 saturated heterocycles. The molecule has 8 N–H and O–H groups in total. The first-order valence-electron chi connectivity index (χ1n) is 7.95. The fourth-order valence-corrected chi connectivity index (χ4v) is 3.06. The van der Waals surface area contributed by atoms with Crippen molar-refractivity contribution in [3.05, 3.63) is 0 Å². The average Bonchev–Trinajstić information content (AvgIpc) is 2.86. The highest BCUT2D eigenvalue weighted by atomic mass is 16.6. The highest BCUT2D eigenvalue weighted by molar-refractivity contribution is 5.02. The van der Waals surface area contributed by atoms with E-state index in [9.17, 15) is 30.6 Å². The third kappa shape index (κ3) is 3.96. The van der Waals surface area contributed by atoms with Crippen LogP contribution < -0.4 is 0 Å². The van der Waals surface area contributed by atoms with Gasteiger partial charge in [-0.05, 0) is 0 Å². The molecule has 0 aliphatic carbocycles. The predicted octanol–water partition coefficient (Wildman–Crippen LogP) is -5.31. The SMILES string of the molecule is OCC1OC(COC[C@]2(CO)O[C@@H](CO)C(O)[C@H]2O)C(O)C(O)C1O. The van der Waals surface area contributed by atoms with Crippen LogP contribution in [0.15, 0.2) is 0 Å². The Morgan fingerprint density at radius 2 is 1.36 bits per heavy atom. The highest BCUT2D eigenvalue weighted by Crippen LogP contribution is 2.32. The van der Waals surface area contributed by atoms with Gasteiger partial charge in [-0.2, -0.15) is 0 Å². The van der Waals surface area contributed by atoms with Crippen LogP contribution in [0.4, 0.5) is 0 Å². The second kappa shape index (κ2) is 8.50. The van der Waals surface area contributed by atoms with E-state index in [4.69, 9.17) is 24.4 Å². The molecule has 2 aliphatic rings. The summed E-state index contributed by atoms with van der Waals surface area (Å²) in [7, 11) is 0. The first-order chi connectivity index (χ1) is 11.8. The molecule has 11 nitrogen and oxygen atoms in total. The lowest BCUT2D eigenvalue weighted by atomic mass is 9.95. The van der Waals surface area contributed by atoms with Crippen LogP contribution in [0.5, 0.6) is 0 Å². The molecular weight excluding hydrogens is 344 g/mol. The van der Waals surface area contributed by atoms with Crippen molar-refractivity contribution in [3.8, 4) is 0 Å². The average molecular weight is 370 g/mol. The van der Waals surface area contributed by atoms with Crippen LogP contribution in [-0.2, 0) is 14.2 Å². The van der Waals surface area contributed by atoms with Gasteiger partial charge in [0.1, 0.15) is 54.4 Å². The Labute approximate surface area is 143 Å². The minimum Gasteiger partial charge on any atom is -0.394 e. The summed E-state index contributed by atoms with van der Waals surface area (Å²) >= 11 is 0. The first-order valence-corrected chi connectivity index (χ1v) is 7.95. The number of hydrogen-bond acceptors (Lipinski definition) is 11. The smallest absolute Gasteiger partial charge is 0.143 e. The fraction of sp³-hybridized carbons (Fsp3) is 1.00. The Kier molecular flexibility index (Phi) is 7.09. The van der Waals surface area contributed by atoms with E-state index in [1.165, 1.54) is 0 Å². The molecule has 2 heterocycles. The second-order valence-electron chi connectivity index (χ2n) is 6.38. The largest absolute Gasteiger partial charge is 0.394 e. The maximum absolute atomic E-state index is 10.0. The summed E-state index contributed by atoms with van der Waals surface area (Å²) in [5.41, 5.74) is -1.67. The van der Waals surface area contributed by atoms with Crippen molar-refractivity contribution in [2.45, 2.75) is 54.4 Å². The summed E-state index contributed by atoms with van der Waals surface area (Å²) in [6.45, 7) is -2.54. The molecule has 0 saturated carbocycles. The maximum Gasteiger partial charge on any atom is 0.143 e. The highest BCUT2D eigenvalue weighted by Gasteiger charge is 2.54. The normalized spacial score (nSPS) is 48.0. The lowest BCUT2D eigenvalue weighted by Crippen LogP contribution is -2.60. The molecule has 0 aromatic carbocycles. The standard InChI is InChI=1S/C14H26O11/c15-1-6-9(18)12(21)10(19)8(24-6)3-23-5-14(4-17)13(22)11(20)7(2-16)25-14/h6-13,15-22H,1-5H2/t6?,7-,8?,9?,10?,11?,12?,13+,14-/m0/s1. The van der Waals surface area contributed by atoms with Gasteiger partial charge in [0, 0.05) is 0 Å². The van der Waals surface area contributed by atoms with Crippen molar-refractivity contribution in [1.82, 2.24) is 0 Å². The van der Waals surface area contributed by atoms with Crippen molar-refractivity contribution >= 4 is 0 Å². The van der Waals surface area contributed by atoms with Gasteiger partial charge in [-0.3, -0.25) is 0 Å². The molecule has 2 fully saturated rings. The van der Waals surface area contributed by atoms with Gasteiger partial charge in [-0.15, -0.1) is 0 Å². The number of rotatable bonds is 7. The zero-order valence-corrected chi connectivity index (χ0v) is 13.5. The number of aliphatic hydroxyl groups excluding tert-OH is 8. The van der Waals surface area contributed by atoms with Gasteiger partial charge in [0.05, 0.1) is 33.0 Å². The molecule has 0 aromatic heterocycles. The molecule has 2 aliphatic heterocycles. The molecule has 0 bridgehead atoms. The Hall–Kier alpha value is -0.440. The summed E-state index contributed by atoms with van der Waals surface area (Å²) in [6, 6.07) is 0. The van der Waals surface area contributed by atoms with Gasteiger partial charge in [0.2, 0.25) is 0 Å². The van der Waals surface area contributed by atoms with E-state index in [2.05, 4.69) is 0 Å². The molecule has 9 atom stereocenters. The van der Waals surface area contributed by atoms with E-state index in [-0.39, 0.29) is 6.61 Å². The molecule has 148 valence electrons. The molecule has 0 aromatic rings. The zero-order valence-electron chi connectivity index (χ0n) is 13.5. The summed E-state index contributed by atoms with van der Waals surface area (Å²) in [5.74, 6) is 0. The van der Waals surface area contributed by atoms with Crippen LogP contribution in [0.25, 0.3) is 0 Å². The van der Waals surface area contributed by atoms with Crippen molar-refractivity contribution in [2.24, 2.45) is 0 Å². The van der Waals surface area contributed by atoms with Crippen LogP contribution >= 0.6 is 0 Å². The summed E-state index contributed by atoms with van der Waals surface area (Å²) in [4.78, 5) is 0. The summed E-state index contributed by atoms with van der Waals surface area (Å²) in [6.07, 6.45) is -10.7. The first kappa shape index (κ1) is 20.9. The van der Waals surface area contributed by atoms with Gasteiger partial charge < -0.3 is 55.1 Å². The van der Waals surface area contributed by atoms with E-state index in [1.807, 2.05) is 0 Å². The minimum atomic E-state index is -1.67. The zero-order chi connectivity index (χ0) is 18.8. The topological polar surface area (TPSA) is 190 Å². The number of aliphatic hydroxyl groups is 8. The van der Waals surface area contributed by atoms with Crippen LogP contribution in [0.3, 0.4) is 0 Å². The third-order valence-electron chi connectivity index (χ3n) is 4.70. The van der Waals surface area contributed by atoms with E-state index in [0.717, 1.165) is 0 Å².